The van der Waals surface area contributed by atoms with Crippen LogP contribution in [0.3, 0.4) is 0 Å². The first-order chi connectivity index (χ1) is 9.53. The fourth-order valence-electron chi connectivity index (χ4n) is 1.98. The van der Waals surface area contributed by atoms with Gasteiger partial charge in [-0.15, -0.1) is 0 Å². The molecule has 0 fully saturated rings. The van der Waals surface area contributed by atoms with E-state index in [1.165, 1.54) is 24.3 Å². The molecule has 5 heteroatoms. The number of rotatable bonds is 5. The van der Waals surface area contributed by atoms with E-state index in [-0.39, 0.29) is 17.2 Å². The summed E-state index contributed by atoms with van der Waals surface area (Å²) in [6.07, 6.45) is 0.851. The second-order valence-corrected chi connectivity index (χ2v) is 6.21. The molecule has 4 nitrogen and oxygen atoms in total. The first-order valence-electron chi connectivity index (χ1n) is 6.38. The molecule has 2 rings (SSSR count). The van der Waals surface area contributed by atoms with Crippen molar-refractivity contribution in [2.24, 2.45) is 0 Å². The van der Waals surface area contributed by atoms with Crippen LogP contribution in [0.2, 0.25) is 0 Å². The Morgan fingerprint density at radius 3 is 2.40 bits per heavy atom. The highest BCUT2D eigenvalue weighted by Gasteiger charge is 2.14. The van der Waals surface area contributed by atoms with Crippen LogP contribution >= 0.6 is 0 Å². The molecular formula is C15H17NO3S. The van der Waals surface area contributed by atoms with Crippen LogP contribution in [-0.4, -0.2) is 13.5 Å². The Hall–Kier alpha value is -1.85. The molecule has 0 aromatic heterocycles. The maximum Gasteiger partial charge on any atom is 0.241 e. The summed E-state index contributed by atoms with van der Waals surface area (Å²) in [6.45, 7) is 2.27. The largest absolute Gasteiger partial charge is 0.508 e. The highest BCUT2D eigenvalue weighted by molar-refractivity contribution is 7.89. The predicted molar refractivity (Wildman–Crippen MR) is 78.0 cm³/mol. The molecule has 0 unspecified atom stereocenters. The van der Waals surface area contributed by atoms with Gasteiger partial charge < -0.3 is 5.11 Å². The minimum atomic E-state index is -3.62. The van der Waals surface area contributed by atoms with Crippen molar-refractivity contribution in [2.45, 2.75) is 24.8 Å². The predicted octanol–water partition coefficient (Wildman–Crippen LogP) is 2.43. The highest BCUT2D eigenvalue weighted by atomic mass is 32.2. The topological polar surface area (TPSA) is 66.4 Å². The second kappa shape index (κ2) is 6.07. The van der Waals surface area contributed by atoms with Gasteiger partial charge >= 0.3 is 0 Å². The van der Waals surface area contributed by atoms with E-state index in [4.69, 9.17) is 0 Å². The summed E-state index contributed by atoms with van der Waals surface area (Å²) in [5, 5.41) is 9.35. The zero-order valence-corrected chi connectivity index (χ0v) is 12.0. The standard InChI is InChI=1S/C15H17NO3S/c1-2-12-6-3-4-7-13(12)11-16-20(18,19)15-9-5-8-14(17)10-15/h3-10,16-17H,2,11H2,1H3. The van der Waals surface area contributed by atoms with Gasteiger partial charge in [0, 0.05) is 6.54 Å². The lowest BCUT2D eigenvalue weighted by Crippen LogP contribution is -2.23. The number of nitrogens with one attached hydrogen (secondary N) is 1. The molecule has 2 aromatic rings. The van der Waals surface area contributed by atoms with Gasteiger partial charge in [0.25, 0.3) is 0 Å². The smallest absolute Gasteiger partial charge is 0.241 e. The second-order valence-electron chi connectivity index (χ2n) is 4.44. The molecule has 0 heterocycles. The lowest BCUT2D eigenvalue weighted by molar-refractivity contribution is 0.473. The number of benzene rings is 2. The van der Waals surface area contributed by atoms with Gasteiger partial charge in [0.15, 0.2) is 0 Å². The number of hydrogen-bond acceptors (Lipinski definition) is 3. The van der Waals surface area contributed by atoms with Crippen LogP contribution in [0.15, 0.2) is 53.4 Å². The van der Waals surface area contributed by atoms with E-state index < -0.39 is 10.0 Å². The Balaban J connectivity index is 2.17. The minimum absolute atomic E-state index is 0.0616. The van der Waals surface area contributed by atoms with E-state index in [1.807, 2.05) is 31.2 Å². The Bertz CT molecular complexity index is 696. The van der Waals surface area contributed by atoms with Gasteiger partial charge in [0.1, 0.15) is 5.75 Å². The Kier molecular flexibility index (Phi) is 4.42. The minimum Gasteiger partial charge on any atom is -0.508 e. The Morgan fingerprint density at radius 2 is 1.75 bits per heavy atom. The summed E-state index contributed by atoms with van der Waals surface area (Å²) in [7, 11) is -3.62. The Labute approximate surface area is 119 Å². The molecule has 0 aliphatic carbocycles. The molecule has 0 saturated carbocycles. The van der Waals surface area contributed by atoms with Crippen molar-refractivity contribution >= 4 is 10.0 Å². The average molecular weight is 291 g/mol. The molecule has 0 spiro atoms. The Morgan fingerprint density at radius 1 is 1.05 bits per heavy atom. The lowest BCUT2D eigenvalue weighted by Gasteiger charge is -2.10. The molecule has 0 amide bonds. The van der Waals surface area contributed by atoms with Crippen LogP contribution in [0, 0.1) is 0 Å². The first-order valence-corrected chi connectivity index (χ1v) is 7.86. The van der Waals surface area contributed by atoms with Crippen LogP contribution in [-0.2, 0) is 23.0 Å². The van der Waals surface area contributed by atoms with Gasteiger partial charge in [-0.05, 0) is 35.7 Å². The first kappa shape index (κ1) is 14.6. The van der Waals surface area contributed by atoms with Gasteiger partial charge in [-0.2, -0.15) is 0 Å². The van der Waals surface area contributed by atoms with Gasteiger partial charge in [-0.25, -0.2) is 13.1 Å². The third kappa shape index (κ3) is 3.37. The van der Waals surface area contributed by atoms with Gasteiger partial charge in [-0.3, -0.25) is 0 Å². The van der Waals surface area contributed by atoms with E-state index >= 15 is 0 Å². The summed E-state index contributed by atoms with van der Waals surface area (Å²) < 4.78 is 26.8. The van der Waals surface area contributed by atoms with E-state index in [0.29, 0.717) is 0 Å². The monoisotopic (exact) mass is 291 g/mol. The fraction of sp³-hybridized carbons (Fsp3) is 0.200. The molecule has 0 bridgehead atoms. The molecule has 106 valence electrons. The van der Waals surface area contributed by atoms with E-state index in [0.717, 1.165) is 17.5 Å². The van der Waals surface area contributed by atoms with Gasteiger partial charge in [0.05, 0.1) is 4.90 Å². The van der Waals surface area contributed by atoms with Crippen LogP contribution < -0.4 is 4.72 Å². The van der Waals surface area contributed by atoms with Crippen molar-refractivity contribution in [2.75, 3.05) is 0 Å². The third-order valence-electron chi connectivity index (χ3n) is 3.08. The number of phenolic OH excluding ortho intramolecular Hbond substituents is 1. The highest BCUT2D eigenvalue weighted by Crippen LogP contribution is 2.16. The van der Waals surface area contributed by atoms with Gasteiger partial charge in [0.2, 0.25) is 10.0 Å². The molecule has 0 radical (unpaired) electrons. The SMILES string of the molecule is CCc1ccccc1CNS(=O)(=O)c1cccc(O)c1. The summed E-state index contributed by atoms with van der Waals surface area (Å²) in [5.74, 6) is -0.0677. The summed E-state index contributed by atoms with van der Waals surface area (Å²) in [6, 6.07) is 13.3. The zero-order chi connectivity index (χ0) is 14.6. The van der Waals surface area contributed by atoms with E-state index in [9.17, 15) is 13.5 Å². The molecule has 0 atom stereocenters. The van der Waals surface area contributed by atoms with Crippen LogP contribution in [0.4, 0.5) is 0 Å². The van der Waals surface area contributed by atoms with Crippen molar-refractivity contribution in [3.05, 3.63) is 59.7 Å². The normalized spacial score (nSPS) is 11.4. The fourth-order valence-corrected chi connectivity index (χ4v) is 3.03. The number of aromatic hydroxyl groups is 1. The van der Waals surface area contributed by atoms with Crippen molar-refractivity contribution in [1.82, 2.24) is 4.72 Å². The van der Waals surface area contributed by atoms with Crippen molar-refractivity contribution in [3.8, 4) is 5.75 Å². The van der Waals surface area contributed by atoms with E-state index in [2.05, 4.69) is 4.72 Å². The van der Waals surface area contributed by atoms with E-state index in [1.54, 1.807) is 0 Å². The lowest BCUT2D eigenvalue weighted by atomic mass is 10.1. The zero-order valence-electron chi connectivity index (χ0n) is 11.2. The maximum absolute atomic E-state index is 12.1. The molecule has 2 N–H and O–H groups in total. The van der Waals surface area contributed by atoms with Crippen LogP contribution in [0.5, 0.6) is 5.75 Å². The molecule has 0 saturated heterocycles. The summed E-state index contributed by atoms with van der Waals surface area (Å²) in [5.41, 5.74) is 2.07. The number of sulfonamides is 1. The summed E-state index contributed by atoms with van der Waals surface area (Å²) in [4.78, 5) is 0.0616. The molecule has 20 heavy (non-hydrogen) atoms. The van der Waals surface area contributed by atoms with Crippen LogP contribution in [0.25, 0.3) is 0 Å². The summed E-state index contributed by atoms with van der Waals surface area (Å²) >= 11 is 0. The third-order valence-corrected chi connectivity index (χ3v) is 4.48. The number of aryl methyl sites for hydroxylation is 1. The molecule has 0 aliphatic heterocycles. The molecule has 0 aliphatic rings. The molecule has 2 aromatic carbocycles. The van der Waals surface area contributed by atoms with Gasteiger partial charge in [-0.1, -0.05) is 37.3 Å². The van der Waals surface area contributed by atoms with Crippen LogP contribution in [0.1, 0.15) is 18.1 Å². The average Bonchev–Trinajstić information content (AvgIpc) is 2.45. The van der Waals surface area contributed by atoms with Crippen molar-refractivity contribution in [1.29, 1.82) is 0 Å². The number of hydrogen-bond donors (Lipinski definition) is 2. The maximum atomic E-state index is 12.1. The quantitative estimate of drug-likeness (QED) is 0.889. The molecular weight excluding hydrogens is 274 g/mol. The van der Waals surface area contributed by atoms with Crippen molar-refractivity contribution in [3.63, 3.8) is 0 Å². The van der Waals surface area contributed by atoms with Crippen molar-refractivity contribution < 1.29 is 13.5 Å². The number of phenols is 1.